The summed E-state index contributed by atoms with van der Waals surface area (Å²) in [7, 11) is 0. The summed E-state index contributed by atoms with van der Waals surface area (Å²) in [6.07, 6.45) is 8.24. The van der Waals surface area contributed by atoms with E-state index in [4.69, 9.17) is 0 Å². The number of rotatable bonds is 9. The molecule has 0 spiro atoms. The Morgan fingerprint density at radius 3 is 2.86 bits per heavy atom. The topological polar surface area (TPSA) is 64.8 Å². The van der Waals surface area contributed by atoms with Crippen LogP contribution >= 0.6 is 0 Å². The average Bonchev–Trinajstić information content (AvgIpc) is 2.94. The van der Waals surface area contributed by atoms with E-state index in [9.17, 15) is 14.0 Å². The highest BCUT2D eigenvalue weighted by atomic mass is 19.1. The van der Waals surface area contributed by atoms with E-state index in [0.717, 1.165) is 44.3 Å². The number of carbonyl (C=O) groups excluding carboxylic acids is 2. The van der Waals surface area contributed by atoms with Crippen LogP contribution in [-0.4, -0.2) is 33.2 Å². The van der Waals surface area contributed by atoms with E-state index < -0.39 is 0 Å². The van der Waals surface area contributed by atoms with Gasteiger partial charge in [0.2, 0.25) is 0 Å². The van der Waals surface area contributed by atoms with Crippen LogP contribution in [0, 0.1) is 5.92 Å². The highest BCUT2D eigenvalue weighted by molar-refractivity contribution is 6.02. The fourth-order valence-corrected chi connectivity index (χ4v) is 2.87. The molecule has 1 heterocycles. The van der Waals surface area contributed by atoms with Crippen LogP contribution in [0.2, 0.25) is 0 Å². The van der Waals surface area contributed by atoms with Gasteiger partial charge in [-0.1, -0.05) is 5.21 Å². The van der Waals surface area contributed by atoms with Crippen molar-refractivity contribution in [3.63, 3.8) is 0 Å². The SMILES string of the molecule is O=C1CCC(CCCc2cn(CCCCCF)nn2)C(=O)C1. The molecule has 5 nitrogen and oxygen atoms in total. The summed E-state index contributed by atoms with van der Waals surface area (Å²) < 4.78 is 13.8. The monoisotopic (exact) mass is 309 g/mol. The molecular weight excluding hydrogens is 285 g/mol. The molecule has 2 rings (SSSR count). The smallest absolute Gasteiger partial charge is 0.143 e. The predicted molar refractivity (Wildman–Crippen MR) is 80.1 cm³/mol. The lowest BCUT2D eigenvalue weighted by molar-refractivity contribution is -0.132. The first-order chi connectivity index (χ1) is 10.7. The van der Waals surface area contributed by atoms with Gasteiger partial charge in [-0.25, -0.2) is 0 Å². The van der Waals surface area contributed by atoms with Crippen molar-refractivity contribution in [2.45, 2.75) is 64.3 Å². The van der Waals surface area contributed by atoms with Gasteiger partial charge in [0.05, 0.1) is 18.8 Å². The molecule has 0 bridgehead atoms. The van der Waals surface area contributed by atoms with E-state index >= 15 is 0 Å². The van der Waals surface area contributed by atoms with Crippen molar-refractivity contribution in [2.75, 3.05) is 6.67 Å². The number of Topliss-reactive ketones (excluding diaryl/α,β-unsaturated/α-hetero) is 2. The number of ketones is 2. The zero-order valence-electron chi connectivity index (χ0n) is 13.0. The third kappa shape index (κ3) is 5.31. The fourth-order valence-electron chi connectivity index (χ4n) is 2.87. The van der Waals surface area contributed by atoms with Crippen LogP contribution in [0.4, 0.5) is 4.39 Å². The van der Waals surface area contributed by atoms with Gasteiger partial charge < -0.3 is 0 Å². The van der Waals surface area contributed by atoms with Crippen LogP contribution in [-0.2, 0) is 22.6 Å². The van der Waals surface area contributed by atoms with Crippen LogP contribution in [0.5, 0.6) is 0 Å². The van der Waals surface area contributed by atoms with E-state index in [1.807, 2.05) is 6.20 Å². The molecule has 1 aliphatic rings. The Bertz CT molecular complexity index is 501. The number of aromatic nitrogens is 3. The second-order valence-electron chi connectivity index (χ2n) is 6.03. The zero-order valence-corrected chi connectivity index (χ0v) is 13.0. The Labute approximate surface area is 130 Å². The molecule has 0 saturated heterocycles. The Balaban J connectivity index is 1.66. The predicted octanol–water partition coefficient (Wildman–Crippen LogP) is 2.68. The van der Waals surface area contributed by atoms with Gasteiger partial charge in [0.25, 0.3) is 0 Å². The second kappa shape index (κ2) is 8.76. The minimum absolute atomic E-state index is 0.0495. The van der Waals surface area contributed by atoms with Crippen LogP contribution < -0.4 is 0 Å². The molecule has 0 radical (unpaired) electrons. The maximum absolute atomic E-state index is 12.0. The second-order valence-corrected chi connectivity index (χ2v) is 6.03. The van der Waals surface area contributed by atoms with Gasteiger partial charge in [0.1, 0.15) is 11.6 Å². The van der Waals surface area contributed by atoms with Crippen molar-refractivity contribution in [1.29, 1.82) is 0 Å². The molecule has 1 fully saturated rings. The number of halogens is 1. The molecule has 122 valence electrons. The quantitative estimate of drug-likeness (QED) is 0.519. The molecule has 1 atom stereocenters. The molecule has 1 saturated carbocycles. The van der Waals surface area contributed by atoms with Crippen molar-refractivity contribution < 1.29 is 14.0 Å². The minimum atomic E-state index is -0.256. The van der Waals surface area contributed by atoms with Gasteiger partial charge >= 0.3 is 0 Å². The number of unbranched alkanes of at least 4 members (excludes halogenated alkanes) is 2. The lowest BCUT2D eigenvalue weighted by Crippen LogP contribution is -2.24. The summed E-state index contributed by atoms with van der Waals surface area (Å²) in [6, 6.07) is 0. The number of nitrogens with zero attached hydrogens (tertiary/aromatic N) is 3. The summed E-state index contributed by atoms with van der Waals surface area (Å²) >= 11 is 0. The van der Waals surface area contributed by atoms with Gasteiger partial charge in [0.15, 0.2) is 0 Å². The molecule has 1 aliphatic carbocycles. The van der Waals surface area contributed by atoms with E-state index in [1.54, 1.807) is 4.68 Å². The van der Waals surface area contributed by atoms with E-state index in [2.05, 4.69) is 10.3 Å². The standard InChI is InChI=1S/C16H24FN3O2/c17-9-2-1-3-10-20-12-14(18-19-20)6-4-5-13-7-8-15(21)11-16(13)22/h12-13H,1-11H2. The normalized spacial score (nSPS) is 18.9. The summed E-state index contributed by atoms with van der Waals surface area (Å²) in [6.45, 7) is 0.518. The Morgan fingerprint density at radius 2 is 2.09 bits per heavy atom. The molecule has 0 aromatic carbocycles. The maximum atomic E-state index is 12.0. The van der Waals surface area contributed by atoms with Crippen LogP contribution in [0.25, 0.3) is 0 Å². The van der Waals surface area contributed by atoms with Crippen LogP contribution in [0.15, 0.2) is 6.20 Å². The van der Waals surface area contributed by atoms with E-state index in [0.29, 0.717) is 19.3 Å². The van der Waals surface area contributed by atoms with Gasteiger partial charge in [-0.15, -0.1) is 5.10 Å². The average molecular weight is 309 g/mol. The third-order valence-electron chi connectivity index (χ3n) is 4.19. The third-order valence-corrected chi connectivity index (χ3v) is 4.19. The number of hydrogen-bond acceptors (Lipinski definition) is 4. The first-order valence-corrected chi connectivity index (χ1v) is 8.18. The van der Waals surface area contributed by atoms with Gasteiger partial charge in [0, 0.05) is 25.1 Å². The largest absolute Gasteiger partial charge is 0.299 e. The van der Waals surface area contributed by atoms with Crippen molar-refractivity contribution in [1.82, 2.24) is 15.0 Å². The fraction of sp³-hybridized carbons (Fsp3) is 0.750. The van der Waals surface area contributed by atoms with Crippen molar-refractivity contribution in [2.24, 2.45) is 5.92 Å². The first kappa shape index (κ1) is 16.8. The Morgan fingerprint density at radius 1 is 1.23 bits per heavy atom. The summed E-state index contributed by atoms with van der Waals surface area (Å²) in [5.74, 6) is 0.234. The minimum Gasteiger partial charge on any atom is -0.299 e. The molecule has 1 aromatic rings. The number of hydrogen-bond donors (Lipinski definition) is 0. The highest BCUT2D eigenvalue weighted by Crippen LogP contribution is 2.23. The molecule has 6 heteroatoms. The number of carbonyl (C=O) groups is 2. The maximum Gasteiger partial charge on any atom is 0.143 e. The molecule has 1 unspecified atom stereocenters. The van der Waals surface area contributed by atoms with Gasteiger partial charge in [-0.3, -0.25) is 18.7 Å². The highest BCUT2D eigenvalue weighted by Gasteiger charge is 2.26. The number of aryl methyl sites for hydroxylation is 2. The first-order valence-electron chi connectivity index (χ1n) is 8.18. The van der Waals surface area contributed by atoms with Crippen LogP contribution in [0.1, 0.15) is 57.1 Å². The lowest BCUT2D eigenvalue weighted by Gasteiger charge is -2.19. The van der Waals surface area contributed by atoms with E-state index in [-0.39, 0.29) is 30.6 Å². The Hall–Kier alpha value is -1.59. The van der Waals surface area contributed by atoms with E-state index in [1.165, 1.54) is 0 Å². The molecule has 0 aliphatic heterocycles. The lowest BCUT2D eigenvalue weighted by atomic mass is 9.84. The van der Waals surface area contributed by atoms with Crippen molar-refractivity contribution in [3.8, 4) is 0 Å². The number of alkyl halides is 1. The molecule has 1 aromatic heterocycles. The van der Waals surface area contributed by atoms with Crippen LogP contribution in [0.3, 0.4) is 0 Å². The molecular formula is C16H24FN3O2. The summed E-state index contributed by atoms with van der Waals surface area (Å²) in [4.78, 5) is 22.9. The van der Waals surface area contributed by atoms with Crippen molar-refractivity contribution in [3.05, 3.63) is 11.9 Å². The molecule has 0 amide bonds. The van der Waals surface area contributed by atoms with Gasteiger partial charge in [-0.05, 0) is 44.9 Å². The Kier molecular flexibility index (Phi) is 6.68. The van der Waals surface area contributed by atoms with Gasteiger partial charge in [-0.2, -0.15) is 0 Å². The summed E-state index contributed by atoms with van der Waals surface area (Å²) in [5, 5.41) is 8.19. The zero-order chi connectivity index (χ0) is 15.8. The molecule has 0 N–H and O–H groups in total. The molecule has 22 heavy (non-hydrogen) atoms. The summed E-state index contributed by atoms with van der Waals surface area (Å²) in [5.41, 5.74) is 0.935. The van der Waals surface area contributed by atoms with Crippen molar-refractivity contribution >= 4 is 11.6 Å².